The lowest BCUT2D eigenvalue weighted by atomic mass is 9.79. The average molecular weight is 214 g/mol. The van der Waals surface area contributed by atoms with Crippen LogP contribution >= 0.6 is 0 Å². The Bertz CT molecular complexity index is 231. The normalized spacial score (nSPS) is 31.9. The number of hydrogen-bond acceptors (Lipinski definition) is 3. The molecule has 0 bridgehead atoms. The van der Waals surface area contributed by atoms with Crippen LogP contribution in [-0.2, 0) is 4.79 Å². The summed E-state index contributed by atoms with van der Waals surface area (Å²) in [6.45, 7) is 8.49. The largest absolute Gasteiger partial charge is 0.480 e. The van der Waals surface area contributed by atoms with Gasteiger partial charge in [-0.1, -0.05) is 20.8 Å². The van der Waals surface area contributed by atoms with E-state index in [1.54, 1.807) is 0 Å². The molecule has 1 saturated heterocycles. The van der Waals surface area contributed by atoms with E-state index in [2.05, 4.69) is 24.5 Å². The summed E-state index contributed by atoms with van der Waals surface area (Å²) in [5.74, 6) is -0.108. The topological polar surface area (TPSA) is 61.4 Å². The third kappa shape index (κ3) is 2.69. The van der Waals surface area contributed by atoms with Gasteiger partial charge in [0.05, 0.1) is 0 Å². The van der Waals surface area contributed by atoms with E-state index in [1.807, 2.05) is 6.92 Å². The van der Waals surface area contributed by atoms with Crippen LogP contribution in [0.4, 0.5) is 0 Å². The Labute approximate surface area is 91.4 Å². The molecule has 2 atom stereocenters. The van der Waals surface area contributed by atoms with Crippen LogP contribution in [0.25, 0.3) is 0 Å². The van der Waals surface area contributed by atoms with Gasteiger partial charge in [0.1, 0.15) is 5.54 Å². The second-order valence-electron chi connectivity index (χ2n) is 4.91. The van der Waals surface area contributed by atoms with Gasteiger partial charge < -0.3 is 15.7 Å². The highest BCUT2D eigenvalue weighted by atomic mass is 16.4. The van der Waals surface area contributed by atoms with Crippen LogP contribution in [0.2, 0.25) is 0 Å². The highest BCUT2D eigenvalue weighted by molar-refractivity contribution is 5.79. The van der Waals surface area contributed by atoms with Gasteiger partial charge in [0.15, 0.2) is 0 Å². The van der Waals surface area contributed by atoms with E-state index in [0.29, 0.717) is 12.3 Å². The molecular weight excluding hydrogens is 192 g/mol. The fraction of sp³-hybridized carbons (Fsp3) is 0.909. The number of carboxylic acids is 1. The van der Waals surface area contributed by atoms with E-state index in [9.17, 15) is 9.90 Å². The van der Waals surface area contributed by atoms with E-state index >= 15 is 0 Å². The zero-order valence-corrected chi connectivity index (χ0v) is 9.84. The SMILES string of the molecule is CC(C)CNC1(C(=O)O)CCNCC1C. The number of carbonyl (C=O) groups is 1. The summed E-state index contributed by atoms with van der Waals surface area (Å²) in [7, 11) is 0. The summed E-state index contributed by atoms with van der Waals surface area (Å²) in [6.07, 6.45) is 0.663. The van der Waals surface area contributed by atoms with Gasteiger partial charge >= 0.3 is 5.97 Å². The van der Waals surface area contributed by atoms with Gasteiger partial charge in [0.25, 0.3) is 0 Å². The Morgan fingerprint density at radius 2 is 2.33 bits per heavy atom. The molecular formula is C11H22N2O2. The van der Waals surface area contributed by atoms with Gasteiger partial charge in [-0.3, -0.25) is 4.79 Å². The third-order valence-corrected chi connectivity index (χ3v) is 3.20. The van der Waals surface area contributed by atoms with Crippen molar-refractivity contribution in [1.29, 1.82) is 0 Å². The molecule has 88 valence electrons. The first-order valence-corrected chi connectivity index (χ1v) is 5.68. The number of aliphatic carboxylic acids is 1. The summed E-state index contributed by atoms with van der Waals surface area (Å²) < 4.78 is 0. The first kappa shape index (κ1) is 12.5. The average Bonchev–Trinajstić information content (AvgIpc) is 2.16. The van der Waals surface area contributed by atoms with Gasteiger partial charge in [-0.05, 0) is 31.3 Å². The van der Waals surface area contributed by atoms with E-state index in [-0.39, 0.29) is 5.92 Å². The summed E-state index contributed by atoms with van der Waals surface area (Å²) in [5.41, 5.74) is -0.727. The monoisotopic (exact) mass is 214 g/mol. The highest BCUT2D eigenvalue weighted by Crippen LogP contribution is 2.24. The van der Waals surface area contributed by atoms with E-state index in [1.165, 1.54) is 0 Å². The molecule has 0 aromatic heterocycles. The maximum atomic E-state index is 11.4. The quantitative estimate of drug-likeness (QED) is 0.644. The molecule has 0 aromatic rings. The molecule has 15 heavy (non-hydrogen) atoms. The molecule has 3 N–H and O–H groups in total. The van der Waals surface area contributed by atoms with Crippen LogP contribution < -0.4 is 10.6 Å². The molecule has 1 heterocycles. The van der Waals surface area contributed by atoms with Crippen molar-refractivity contribution in [3.8, 4) is 0 Å². The van der Waals surface area contributed by atoms with Gasteiger partial charge in [0, 0.05) is 6.54 Å². The molecule has 1 fully saturated rings. The molecule has 0 spiro atoms. The summed E-state index contributed by atoms with van der Waals surface area (Å²) >= 11 is 0. The Hall–Kier alpha value is -0.610. The molecule has 1 aliphatic rings. The van der Waals surface area contributed by atoms with E-state index in [0.717, 1.165) is 19.6 Å². The fourth-order valence-corrected chi connectivity index (χ4v) is 2.07. The number of piperidine rings is 1. The van der Waals surface area contributed by atoms with Crippen molar-refractivity contribution in [2.24, 2.45) is 11.8 Å². The van der Waals surface area contributed by atoms with E-state index in [4.69, 9.17) is 0 Å². The number of nitrogens with one attached hydrogen (secondary N) is 2. The van der Waals surface area contributed by atoms with Crippen molar-refractivity contribution in [3.63, 3.8) is 0 Å². The van der Waals surface area contributed by atoms with Crippen molar-refractivity contribution < 1.29 is 9.90 Å². The molecule has 0 amide bonds. The Kier molecular flexibility index (Phi) is 4.11. The molecule has 0 aromatic carbocycles. The van der Waals surface area contributed by atoms with Crippen LogP contribution in [0.1, 0.15) is 27.2 Å². The van der Waals surface area contributed by atoms with Crippen molar-refractivity contribution in [2.75, 3.05) is 19.6 Å². The standard InChI is InChI=1S/C11H22N2O2/c1-8(2)6-13-11(10(14)15)4-5-12-7-9(11)3/h8-9,12-13H,4-7H2,1-3H3,(H,14,15). The summed E-state index contributed by atoms with van der Waals surface area (Å²) in [5, 5.41) is 15.9. The molecule has 4 nitrogen and oxygen atoms in total. The molecule has 4 heteroatoms. The summed E-state index contributed by atoms with van der Waals surface area (Å²) in [6, 6.07) is 0. The van der Waals surface area contributed by atoms with Crippen molar-refractivity contribution in [1.82, 2.24) is 10.6 Å². The predicted molar refractivity (Wildman–Crippen MR) is 59.9 cm³/mol. The third-order valence-electron chi connectivity index (χ3n) is 3.20. The molecule has 2 unspecified atom stereocenters. The van der Waals surface area contributed by atoms with Crippen molar-refractivity contribution >= 4 is 5.97 Å². The second kappa shape index (κ2) is 4.94. The van der Waals surface area contributed by atoms with Crippen molar-refractivity contribution in [2.45, 2.75) is 32.7 Å². The second-order valence-corrected chi connectivity index (χ2v) is 4.91. The number of hydrogen-bond donors (Lipinski definition) is 3. The first-order chi connectivity index (χ1) is 6.99. The van der Waals surface area contributed by atoms with E-state index < -0.39 is 11.5 Å². The van der Waals surface area contributed by atoms with Gasteiger partial charge in [-0.25, -0.2) is 0 Å². The minimum atomic E-state index is -0.727. The maximum Gasteiger partial charge on any atom is 0.324 e. The van der Waals surface area contributed by atoms with Crippen LogP contribution in [0.5, 0.6) is 0 Å². The molecule has 1 aliphatic heterocycles. The molecule has 0 aliphatic carbocycles. The Morgan fingerprint density at radius 1 is 1.67 bits per heavy atom. The fourth-order valence-electron chi connectivity index (χ4n) is 2.07. The molecule has 0 radical (unpaired) electrons. The van der Waals surface area contributed by atoms with Crippen LogP contribution in [0, 0.1) is 11.8 Å². The summed E-state index contributed by atoms with van der Waals surface area (Å²) in [4.78, 5) is 11.4. The zero-order valence-electron chi connectivity index (χ0n) is 9.84. The zero-order chi connectivity index (χ0) is 11.5. The van der Waals surface area contributed by atoms with Crippen LogP contribution in [-0.4, -0.2) is 36.2 Å². The lowest BCUT2D eigenvalue weighted by Crippen LogP contribution is -2.63. The van der Waals surface area contributed by atoms with Crippen molar-refractivity contribution in [3.05, 3.63) is 0 Å². The van der Waals surface area contributed by atoms with Gasteiger partial charge in [0.2, 0.25) is 0 Å². The van der Waals surface area contributed by atoms with Crippen LogP contribution in [0.15, 0.2) is 0 Å². The highest BCUT2D eigenvalue weighted by Gasteiger charge is 2.44. The smallest absolute Gasteiger partial charge is 0.324 e. The van der Waals surface area contributed by atoms with Crippen LogP contribution in [0.3, 0.4) is 0 Å². The predicted octanol–water partition coefficient (Wildman–Crippen LogP) is 0.685. The number of carboxylic acid groups (broad SMARTS) is 1. The minimum absolute atomic E-state index is 0.127. The minimum Gasteiger partial charge on any atom is -0.480 e. The van der Waals surface area contributed by atoms with Gasteiger partial charge in [-0.15, -0.1) is 0 Å². The first-order valence-electron chi connectivity index (χ1n) is 5.68. The number of rotatable bonds is 4. The van der Waals surface area contributed by atoms with Gasteiger partial charge in [-0.2, -0.15) is 0 Å². The Balaban J connectivity index is 2.72. The maximum absolute atomic E-state index is 11.4. The molecule has 0 saturated carbocycles. The lowest BCUT2D eigenvalue weighted by molar-refractivity contribution is -0.148. The lowest BCUT2D eigenvalue weighted by Gasteiger charge is -2.40. The molecule has 1 rings (SSSR count). The Morgan fingerprint density at radius 3 is 2.80 bits per heavy atom.